The van der Waals surface area contributed by atoms with Gasteiger partial charge in [-0.2, -0.15) is 13.9 Å². The molecular weight excluding hydrogens is 384 g/mol. The fourth-order valence-corrected chi connectivity index (χ4v) is 3.50. The quantitative estimate of drug-likeness (QED) is 0.571. The van der Waals surface area contributed by atoms with Gasteiger partial charge in [-0.25, -0.2) is 9.67 Å². The summed E-state index contributed by atoms with van der Waals surface area (Å²) in [4.78, 5) is 33.3. The van der Waals surface area contributed by atoms with Gasteiger partial charge in [0, 0.05) is 56.1 Å². The first-order valence-corrected chi connectivity index (χ1v) is 9.51. The molecule has 1 fully saturated rings. The van der Waals surface area contributed by atoms with E-state index in [4.69, 9.17) is 0 Å². The van der Waals surface area contributed by atoms with Crippen LogP contribution in [0.4, 0.5) is 8.78 Å². The van der Waals surface area contributed by atoms with E-state index in [0.29, 0.717) is 30.6 Å². The van der Waals surface area contributed by atoms with Gasteiger partial charge >= 0.3 is 6.55 Å². The number of H-pyrrole nitrogens is 1. The maximum Gasteiger partial charge on any atom is 0.333 e. The molecule has 1 saturated heterocycles. The molecule has 0 unspecified atom stereocenters. The van der Waals surface area contributed by atoms with E-state index < -0.39 is 12.5 Å². The molecule has 11 heteroatoms. The molecule has 2 aromatic rings. The second kappa shape index (κ2) is 9.59. The number of imidazole rings is 1. The minimum absolute atomic E-state index is 0.0106. The SMILES string of the molecule is CN1[C@@H](CC(=O)NCCc2cnc[nH]2)CC[C@H]1CNC(=O)c1ccn(C(F)F)n1. The summed E-state index contributed by atoms with van der Waals surface area (Å²) in [5.41, 5.74) is 0.927. The highest BCUT2D eigenvalue weighted by atomic mass is 19.3. The van der Waals surface area contributed by atoms with E-state index in [0.717, 1.165) is 24.7 Å². The maximum atomic E-state index is 12.5. The molecule has 1 aliphatic rings. The molecule has 158 valence electrons. The van der Waals surface area contributed by atoms with Crippen molar-refractivity contribution in [3.8, 4) is 0 Å². The number of nitrogens with zero attached hydrogens (tertiary/aromatic N) is 4. The lowest BCUT2D eigenvalue weighted by atomic mass is 10.1. The van der Waals surface area contributed by atoms with Crippen LogP contribution in [0.2, 0.25) is 0 Å². The summed E-state index contributed by atoms with van der Waals surface area (Å²) in [6, 6.07) is 1.44. The van der Waals surface area contributed by atoms with Crippen LogP contribution in [0.1, 0.15) is 42.0 Å². The summed E-state index contributed by atoms with van der Waals surface area (Å²) in [7, 11) is 1.93. The summed E-state index contributed by atoms with van der Waals surface area (Å²) < 4.78 is 25.5. The van der Waals surface area contributed by atoms with Crippen molar-refractivity contribution in [2.75, 3.05) is 20.1 Å². The van der Waals surface area contributed by atoms with E-state index in [9.17, 15) is 18.4 Å². The average Bonchev–Trinajstić information content (AvgIpc) is 3.43. The van der Waals surface area contributed by atoms with E-state index in [1.54, 1.807) is 12.5 Å². The van der Waals surface area contributed by atoms with E-state index in [1.165, 1.54) is 6.07 Å². The Kier molecular flexibility index (Phi) is 6.91. The van der Waals surface area contributed by atoms with Gasteiger partial charge in [-0.05, 0) is 26.0 Å². The van der Waals surface area contributed by atoms with Crippen molar-refractivity contribution in [3.63, 3.8) is 0 Å². The zero-order valence-corrected chi connectivity index (χ0v) is 16.1. The summed E-state index contributed by atoms with van der Waals surface area (Å²) in [5, 5.41) is 9.20. The van der Waals surface area contributed by atoms with E-state index in [-0.39, 0.29) is 23.7 Å². The van der Waals surface area contributed by atoms with Crippen LogP contribution in [0.5, 0.6) is 0 Å². The lowest BCUT2D eigenvalue weighted by Gasteiger charge is -2.25. The van der Waals surface area contributed by atoms with Crippen LogP contribution in [0.3, 0.4) is 0 Å². The topological polar surface area (TPSA) is 108 Å². The standard InChI is InChI=1S/C18H25F2N7O2/c1-26-13(8-16(28)22-6-4-12-9-21-11-24-12)2-3-14(26)10-23-17(29)15-5-7-27(25-15)18(19)20/h5,7,9,11,13-14,18H,2-4,6,8,10H2,1H3,(H,21,24)(H,22,28)(H,23,29)/t13-,14+/m1/s1. The summed E-state index contributed by atoms with van der Waals surface area (Å²) in [6.07, 6.45) is 7.19. The number of alkyl halides is 2. The number of aromatic nitrogens is 4. The van der Waals surface area contributed by atoms with Crippen LogP contribution < -0.4 is 10.6 Å². The molecule has 3 heterocycles. The second-order valence-electron chi connectivity index (χ2n) is 7.10. The highest BCUT2D eigenvalue weighted by Crippen LogP contribution is 2.24. The fraction of sp³-hybridized carbons (Fsp3) is 0.556. The summed E-state index contributed by atoms with van der Waals surface area (Å²) >= 11 is 0. The number of rotatable bonds is 9. The zero-order chi connectivity index (χ0) is 20.8. The molecule has 3 rings (SSSR count). The molecule has 9 nitrogen and oxygen atoms in total. The van der Waals surface area contributed by atoms with Crippen molar-refractivity contribution >= 4 is 11.8 Å². The number of carbonyl (C=O) groups is 2. The molecule has 0 aliphatic carbocycles. The first-order valence-electron chi connectivity index (χ1n) is 9.51. The first-order chi connectivity index (χ1) is 13.9. The number of aromatic amines is 1. The molecule has 29 heavy (non-hydrogen) atoms. The molecule has 2 amide bonds. The number of hydrogen-bond donors (Lipinski definition) is 3. The van der Waals surface area contributed by atoms with Crippen LogP contribution in [0.15, 0.2) is 24.8 Å². The van der Waals surface area contributed by atoms with Crippen LogP contribution in [-0.2, 0) is 11.2 Å². The number of nitrogens with one attached hydrogen (secondary N) is 3. The number of amides is 2. The number of halogens is 2. The third-order valence-corrected chi connectivity index (χ3v) is 5.22. The predicted molar refractivity (Wildman–Crippen MR) is 100 cm³/mol. The van der Waals surface area contributed by atoms with E-state index in [2.05, 4.69) is 30.6 Å². The Morgan fingerprint density at radius 2 is 2.10 bits per heavy atom. The Morgan fingerprint density at radius 3 is 2.79 bits per heavy atom. The molecule has 2 atom stereocenters. The predicted octanol–water partition coefficient (Wildman–Crippen LogP) is 0.943. The highest BCUT2D eigenvalue weighted by molar-refractivity contribution is 5.92. The fourth-order valence-electron chi connectivity index (χ4n) is 3.50. The van der Waals surface area contributed by atoms with Crippen LogP contribution in [0, 0.1) is 0 Å². The van der Waals surface area contributed by atoms with Gasteiger partial charge < -0.3 is 15.6 Å². The molecule has 0 radical (unpaired) electrons. The second-order valence-corrected chi connectivity index (χ2v) is 7.10. The van der Waals surface area contributed by atoms with Crippen molar-refractivity contribution in [2.45, 2.75) is 44.3 Å². The Bertz CT molecular complexity index is 809. The third kappa shape index (κ3) is 5.59. The van der Waals surface area contributed by atoms with Crippen LogP contribution in [-0.4, -0.2) is 68.7 Å². The monoisotopic (exact) mass is 409 g/mol. The average molecular weight is 409 g/mol. The molecule has 0 saturated carbocycles. The minimum atomic E-state index is -2.77. The number of likely N-dealkylation sites (tertiary alicyclic amines) is 1. The van der Waals surface area contributed by atoms with Crippen molar-refractivity contribution in [3.05, 3.63) is 36.2 Å². The van der Waals surface area contributed by atoms with Crippen molar-refractivity contribution in [2.24, 2.45) is 0 Å². The lowest BCUT2D eigenvalue weighted by Crippen LogP contribution is -2.42. The lowest BCUT2D eigenvalue weighted by molar-refractivity contribution is -0.122. The van der Waals surface area contributed by atoms with Gasteiger partial charge in [-0.15, -0.1) is 0 Å². The molecule has 0 spiro atoms. The van der Waals surface area contributed by atoms with Crippen molar-refractivity contribution in [1.29, 1.82) is 0 Å². The Balaban J connectivity index is 1.39. The van der Waals surface area contributed by atoms with Crippen molar-refractivity contribution in [1.82, 2.24) is 35.3 Å². The number of hydrogen-bond acceptors (Lipinski definition) is 5. The Morgan fingerprint density at radius 1 is 1.31 bits per heavy atom. The highest BCUT2D eigenvalue weighted by Gasteiger charge is 2.32. The molecule has 2 aromatic heterocycles. The molecule has 1 aliphatic heterocycles. The van der Waals surface area contributed by atoms with Crippen molar-refractivity contribution < 1.29 is 18.4 Å². The zero-order valence-electron chi connectivity index (χ0n) is 16.1. The van der Waals surface area contributed by atoms with Crippen LogP contribution in [0.25, 0.3) is 0 Å². The van der Waals surface area contributed by atoms with E-state index in [1.807, 2.05) is 7.05 Å². The van der Waals surface area contributed by atoms with E-state index >= 15 is 0 Å². The first kappa shape index (κ1) is 20.9. The van der Waals surface area contributed by atoms with Gasteiger partial charge in [0.05, 0.1) is 6.33 Å². The smallest absolute Gasteiger partial charge is 0.333 e. The molecule has 3 N–H and O–H groups in total. The van der Waals surface area contributed by atoms with Gasteiger partial charge in [0.1, 0.15) is 5.69 Å². The minimum Gasteiger partial charge on any atom is -0.356 e. The van der Waals surface area contributed by atoms with Gasteiger partial charge in [-0.1, -0.05) is 0 Å². The molecular formula is C18H25F2N7O2. The summed E-state index contributed by atoms with van der Waals surface area (Å²) in [6.45, 7) is -1.86. The number of likely N-dealkylation sites (N-methyl/N-ethyl adjacent to an activating group) is 1. The normalized spacial score (nSPS) is 19.6. The molecule has 0 bridgehead atoms. The third-order valence-electron chi connectivity index (χ3n) is 5.22. The molecule has 0 aromatic carbocycles. The van der Waals surface area contributed by atoms with Crippen LogP contribution >= 0.6 is 0 Å². The Labute approximate surface area is 166 Å². The number of carbonyl (C=O) groups excluding carboxylic acids is 2. The summed E-state index contributed by atoms with van der Waals surface area (Å²) in [5.74, 6) is -0.499. The van der Waals surface area contributed by atoms with Gasteiger partial charge in [0.15, 0.2) is 0 Å². The van der Waals surface area contributed by atoms with Gasteiger partial charge in [0.2, 0.25) is 5.91 Å². The maximum absolute atomic E-state index is 12.5. The largest absolute Gasteiger partial charge is 0.356 e. The Hall–Kier alpha value is -2.82. The van der Waals surface area contributed by atoms with Gasteiger partial charge in [-0.3, -0.25) is 14.5 Å². The van der Waals surface area contributed by atoms with Gasteiger partial charge in [0.25, 0.3) is 5.91 Å².